The molecule has 1 aromatic heterocycles. The molecular formula is C13H11FN2O3S. The van der Waals surface area contributed by atoms with Crippen molar-refractivity contribution in [3.05, 3.63) is 54.1 Å². The topological polar surface area (TPSA) is 76.1 Å². The number of carbonyl (C=O) groups excluding carboxylic acids is 1. The average molecular weight is 294 g/mol. The van der Waals surface area contributed by atoms with E-state index in [2.05, 4.69) is 9.71 Å². The van der Waals surface area contributed by atoms with Gasteiger partial charge in [0, 0.05) is 17.4 Å². The van der Waals surface area contributed by atoms with Crippen molar-refractivity contribution >= 4 is 21.5 Å². The SMILES string of the molecule is CC(=O)c1cccc(NS(=O)(=O)c2cncc(F)c2)c1. The molecule has 0 unspecified atom stereocenters. The zero-order chi connectivity index (χ0) is 14.8. The highest BCUT2D eigenvalue weighted by atomic mass is 32.2. The van der Waals surface area contributed by atoms with E-state index in [1.165, 1.54) is 19.1 Å². The Morgan fingerprint density at radius 2 is 2.00 bits per heavy atom. The number of carbonyl (C=O) groups is 1. The summed E-state index contributed by atoms with van der Waals surface area (Å²) in [5, 5.41) is 0. The zero-order valence-corrected chi connectivity index (χ0v) is 11.3. The molecule has 0 aliphatic heterocycles. The molecule has 0 amide bonds. The molecule has 5 nitrogen and oxygen atoms in total. The van der Waals surface area contributed by atoms with Crippen molar-refractivity contribution in [2.45, 2.75) is 11.8 Å². The molecule has 0 saturated heterocycles. The van der Waals surface area contributed by atoms with E-state index in [0.717, 1.165) is 18.5 Å². The van der Waals surface area contributed by atoms with Gasteiger partial charge in [-0.2, -0.15) is 0 Å². The van der Waals surface area contributed by atoms with E-state index >= 15 is 0 Å². The highest BCUT2D eigenvalue weighted by molar-refractivity contribution is 7.92. The highest BCUT2D eigenvalue weighted by Gasteiger charge is 2.15. The summed E-state index contributed by atoms with van der Waals surface area (Å²) in [5.41, 5.74) is 0.601. The first-order valence-corrected chi connectivity index (χ1v) is 7.11. The monoisotopic (exact) mass is 294 g/mol. The van der Waals surface area contributed by atoms with Crippen LogP contribution in [0.1, 0.15) is 17.3 Å². The first-order chi connectivity index (χ1) is 9.38. The van der Waals surface area contributed by atoms with Gasteiger partial charge in [-0.05, 0) is 25.1 Å². The molecule has 2 aromatic rings. The van der Waals surface area contributed by atoms with E-state index in [1.54, 1.807) is 12.1 Å². The molecule has 0 aliphatic carbocycles. The number of benzene rings is 1. The van der Waals surface area contributed by atoms with Crippen molar-refractivity contribution in [3.63, 3.8) is 0 Å². The number of nitrogens with zero attached hydrogens (tertiary/aromatic N) is 1. The second-order valence-corrected chi connectivity index (χ2v) is 5.76. The van der Waals surface area contributed by atoms with Crippen molar-refractivity contribution in [2.24, 2.45) is 0 Å². The fraction of sp³-hybridized carbons (Fsp3) is 0.0769. The van der Waals surface area contributed by atoms with E-state index in [1.807, 2.05) is 0 Å². The molecule has 20 heavy (non-hydrogen) atoms. The van der Waals surface area contributed by atoms with Gasteiger partial charge >= 0.3 is 0 Å². The van der Waals surface area contributed by atoms with Crippen LogP contribution in [0.15, 0.2) is 47.6 Å². The van der Waals surface area contributed by atoms with Gasteiger partial charge in [0.25, 0.3) is 10.0 Å². The van der Waals surface area contributed by atoms with E-state index in [4.69, 9.17) is 0 Å². The predicted molar refractivity (Wildman–Crippen MR) is 71.5 cm³/mol. The molecule has 1 heterocycles. The van der Waals surface area contributed by atoms with E-state index in [-0.39, 0.29) is 16.4 Å². The highest BCUT2D eigenvalue weighted by Crippen LogP contribution is 2.17. The van der Waals surface area contributed by atoms with Crippen LogP contribution in [0.5, 0.6) is 0 Å². The number of rotatable bonds is 4. The molecule has 1 aromatic carbocycles. The van der Waals surface area contributed by atoms with Crippen LogP contribution in [0.4, 0.5) is 10.1 Å². The molecule has 0 radical (unpaired) electrons. The number of anilines is 1. The Kier molecular flexibility index (Phi) is 3.80. The number of nitrogens with one attached hydrogen (secondary N) is 1. The predicted octanol–water partition coefficient (Wildman–Crippen LogP) is 2.22. The lowest BCUT2D eigenvalue weighted by atomic mass is 10.1. The third-order valence-electron chi connectivity index (χ3n) is 2.51. The molecule has 104 valence electrons. The fourth-order valence-corrected chi connectivity index (χ4v) is 2.58. The molecule has 0 fully saturated rings. The summed E-state index contributed by atoms with van der Waals surface area (Å²) in [6.07, 6.45) is 1.95. The normalized spacial score (nSPS) is 11.1. The number of Topliss-reactive ketones (excluding diaryl/α,β-unsaturated/α-hetero) is 1. The first kappa shape index (κ1) is 14.1. The molecule has 0 spiro atoms. The van der Waals surface area contributed by atoms with Crippen LogP contribution in [0, 0.1) is 5.82 Å². The Morgan fingerprint density at radius 3 is 2.65 bits per heavy atom. The Morgan fingerprint density at radius 1 is 1.25 bits per heavy atom. The van der Waals surface area contributed by atoms with Crippen LogP contribution in [-0.2, 0) is 10.0 Å². The molecule has 0 saturated carbocycles. The van der Waals surface area contributed by atoms with Gasteiger partial charge < -0.3 is 0 Å². The van der Waals surface area contributed by atoms with Crippen molar-refractivity contribution in [1.82, 2.24) is 4.98 Å². The van der Waals surface area contributed by atoms with Gasteiger partial charge in [-0.1, -0.05) is 12.1 Å². The van der Waals surface area contributed by atoms with E-state index in [0.29, 0.717) is 5.56 Å². The maximum absolute atomic E-state index is 13.0. The maximum Gasteiger partial charge on any atom is 0.263 e. The van der Waals surface area contributed by atoms with Crippen LogP contribution in [0.2, 0.25) is 0 Å². The third kappa shape index (κ3) is 3.18. The first-order valence-electron chi connectivity index (χ1n) is 5.63. The number of sulfonamides is 1. The standard InChI is InChI=1S/C13H11FN2O3S/c1-9(17)10-3-2-4-12(5-10)16-20(18,19)13-6-11(14)7-15-8-13/h2-8,16H,1H3. The van der Waals surface area contributed by atoms with Gasteiger partial charge in [0.05, 0.1) is 6.20 Å². The van der Waals surface area contributed by atoms with Crippen LogP contribution < -0.4 is 4.72 Å². The lowest BCUT2D eigenvalue weighted by molar-refractivity contribution is 0.101. The molecule has 1 N–H and O–H groups in total. The minimum Gasteiger partial charge on any atom is -0.295 e. The Hall–Kier alpha value is -2.28. The van der Waals surface area contributed by atoms with Gasteiger partial charge in [0.1, 0.15) is 10.7 Å². The summed E-state index contributed by atoms with van der Waals surface area (Å²) in [5.74, 6) is -0.927. The summed E-state index contributed by atoms with van der Waals surface area (Å²) in [4.78, 5) is 14.4. The zero-order valence-electron chi connectivity index (χ0n) is 10.5. The second-order valence-electron chi connectivity index (χ2n) is 4.08. The van der Waals surface area contributed by atoms with Crippen molar-refractivity contribution in [2.75, 3.05) is 4.72 Å². The van der Waals surface area contributed by atoms with E-state index < -0.39 is 15.8 Å². The van der Waals surface area contributed by atoms with Crippen LogP contribution in [-0.4, -0.2) is 19.2 Å². The molecular weight excluding hydrogens is 283 g/mol. The molecule has 7 heteroatoms. The fourth-order valence-electron chi connectivity index (χ4n) is 1.56. The van der Waals surface area contributed by atoms with Gasteiger partial charge in [-0.15, -0.1) is 0 Å². The molecule has 2 rings (SSSR count). The molecule has 0 aliphatic rings. The van der Waals surface area contributed by atoms with Crippen molar-refractivity contribution < 1.29 is 17.6 Å². The minimum atomic E-state index is -3.94. The summed E-state index contributed by atoms with van der Waals surface area (Å²) in [7, 11) is -3.94. The van der Waals surface area contributed by atoms with Crippen LogP contribution >= 0.6 is 0 Å². The number of halogens is 1. The average Bonchev–Trinajstić information content (AvgIpc) is 2.38. The minimum absolute atomic E-state index is 0.182. The van der Waals surface area contributed by atoms with Gasteiger partial charge in [-0.25, -0.2) is 12.8 Å². The van der Waals surface area contributed by atoms with Gasteiger partial charge in [-0.3, -0.25) is 14.5 Å². The maximum atomic E-state index is 13.0. The number of aromatic nitrogens is 1. The van der Waals surface area contributed by atoms with Crippen LogP contribution in [0.25, 0.3) is 0 Å². The second kappa shape index (κ2) is 5.38. The third-order valence-corrected chi connectivity index (χ3v) is 3.86. The summed E-state index contributed by atoms with van der Waals surface area (Å²) in [6.45, 7) is 1.38. The lowest BCUT2D eigenvalue weighted by Gasteiger charge is -2.08. The van der Waals surface area contributed by atoms with Crippen molar-refractivity contribution in [1.29, 1.82) is 0 Å². The number of hydrogen-bond donors (Lipinski definition) is 1. The van der Waals surface area contributed by atoms with Crippen molar-refractivity contribution in [3.8, 4) is 0 Å². The Labute approximate surface area is 115 Å². The van der Waals surface area contributed by atoms with Gasteiger partial charge in [0.15, 0.2) is 5.78 Å². The largest absolute Gasteiger partial charge is 0.295 e. The molecule has 0 bridgehead atoms. The van der Waals surface area contributed by atoms with Gasteiger partial charge in [0.2, 0.25) is 0 Å². The smallest absolute Gasteiger partial charge is 0.263 e. The summed E-state index contributed by atoms with van der Waals surface area (Å²) in [6, 6.07) is 6.90. The Bertz CT molecular complexity index is 760. The Balaban J connectivity index is 2.33. The quantitative estimate of drug-likeness (QED) is 0.877. The number of ketones is 1. The summed E-state index contributed by atoms with van der Waals surface area (Å²) < 4.78 is 39.3. The lowest BCUT2D eigenvalue weighted by Crippen LogP contribution is -2.13. The van der Waals surface area contributed by atoms with E-state index in [9.17, 15) is 17.6 Å². The summed E-state index contributed by atoms with van der Waals surface area (Å²) >= 11 is 0. The van der Waals surface area contributed by atoms with Crippen LogP contribution in [0.3, 0.4) is 0 Å². The number of pyridine rings is 1. The number of hydrogen-bond acceptors (Lipinski definition) is 4. The molecule has 0 atom stereocenters.